The van der Waals surface area contributed by atoms with Crippen LogP contribution >= 0.6 is 0 Å². The molecular weight excluding hydrogens is 224 g/mol. The van der Waals surface area contributed by atoms with Crippen molar-refractivity contribution in [2.45, 2.75) is 70.1 Å². The molecular formula is C15H30N2O. The smallest absolute Gasteiger partial charge is 0.0707 e. The van der Waals surface area contributed by atoms with Crippen LogP contribution in [0.3, 0.4) is 0 Å². The van der Waals surface area contributed by atoms with Crippen LogP contribution < -0.4 is 5.73 Å². The van der Waals surface area contributed by atoms with Crippen LogP contribution in [0.15, 0.2) is 0 Å². The van der Waals surface area contributed by atoms with E-state index in [2.05, 4.69) is 18.9 Å². The molecule has 0 radical (unpaired) electrons. The first-order chi connectivity index (χ1) is 8.72. The van der Waals surface area contributed by atoms with Crippen LogP contribution in [0.1, 0.15) is 51.9 Å². The van der Waals surface area contributed by atoms with Crippen LogP contribution in [0, 0.1) is 5.92 Å². The zero-order chi connectivity index (χ0) is 13.0. The Hall–Kier alpha value is -0.120. The first kappa shape index (κ1) is 14.3. The van der Waals surface area contributed by atoms with Crippen molar-refractivity contribution in [3.63, 3.8) is 0 Å². The normalized spacial score (nSPS) is 37.3. The van der Waals surface area contributed by atoms with E-state index in [0.29, 0.717) is 18.8 Å². The maximum absolute atomic E-state index is 5.95. The Morgan fingerprint density at radius 3 is 2.28 bits per heavy atom. The summed E-state index contributed by atoms with van der Waals surface area (Å²) in [6, 6.07) is 0.785. The van der Waals surface area contributed by atoms with Crippen LogP contribution in [-0.4, -0.2) is 43.3 Å². The van der Waals surface area contributed by atoms with E-state index in [1.165, 1.54) is 38.5 Å². The van der Waals surface area contributed by atoms with Gasteiger partial charge in [0.2, 0.25) is 0 Å². The quantitative estimate of drug-likeness (QED) is 0.819. The van der Waals surface area contributed by atoms with Crippen molar-refractivity contribution in [1.29, 1.82) is 0 Å². The highest BCUT2D eigenvalue weighted by Crippen LogP contribution is 2.29. The van der Waals surface area contributed by atoms with E-state index in [1.54, 1.807) is 0 Å². The molecule has 1 saturated carbocycles. The van der Waals surface area contributed by atoms with Crippen molar-refractivity contribution in [3.05, 3.63) is 0 Å². The molecule has 2 fully saturated rings. The van der Waals surface area contributed by atoms with Gasteiger partial charge in [-0.1, -0.05) is 13.3 Å². The van der Waals surface area contributed by atoms with E-state index in [1.807, 2.05) is 0 Å². The van der Waals surface area contributed by atoms with Crippen LogP contribution in [0.25, 0.3) is 0 Å². The average Bonchev–Trinajstić information content (AvgIpc) is 2.86. The van der Waals surface area contributed by atoms with Gasteiger partial charge in [0, 0.05) is 19.1 Å². The Labute approximate surface area is 112 Å². The minimum Gasteiger partial charge on any atom is -0.372 e. The van der Waals surface area contributed by atoms with E-state index in [-0.39, 0.29) is 0 Å². The second kappa shape index (κ2) is 6.88. The van der Waals surface area contributed by atoms with E-state index >= 15 is 0 Å². The summed E-state index contributed by atoms with van der Waals surface area (Å²) in [6.07, 6.45) is 10.0. The second-order valence-electron chi connectivity index (χ2n) is 6.22. The number of rotatable bonds is 5. The third kappa shape index (κ3) is 3.69. The average molecular weight is 254 g/mol. The standard InChI is InChI=1S/C15H30N2O/c1-3-12-4-6-13(7-5-12)17(2)11-15-9-8-14(10-16)18-15/h12-15H,3-11,16H2,1-2H3. The van der Waals surface area contributed by atoms with Crippen molar-refractivity contribution in [1.82, 2.24) is 4.90 Å². The Balaban J connectivity index is 1.70. The molecule has 1 saturated heterocycles. The minimum absolute atomic E-state index is 0.319. The lowest BCUT2D eigenvalue weighted by molar-refractivity contribution is 0.0187. The molecule has 1 aliphatic heterocycles. The molecule has 0 aromatic rings. The van der Waals surface area contributed by atoms with E-state index in [0.717, 1.165) is 24.9 Å². The SMILES string of the molecule is CCC1CCC(N(C)CC2CCC(CN)O2)CC1. The molecule has 0 amide bonds. The van der Waals surface area contributed by atoms with Gasteiger partial charge in [-0.15, -0.1) is 0 Å². The summed E-state index contributed by atoms with van der Waals surface area (Å²) in [5.41, 5.74) is 5.66. The molecule has 1 heterocycles. The van der Waals surface area contributed by atoms with Crippen molar-refractivity contribution >= 4 is 0 Å². The minimum atomic E-state index is 0.319. The molecule has 1 aliphatic carbocycles. The molecule has 2 atom stereocenters. The van der Waals surface area contributed by atoms with Gasteiger partial charge < -0.3 is 15.4 Å². The Morgan fingerprint density at radius 2 is 1.72 bits per heavy atom. The summed E-state index contributed by atoms with van der Waals surface area (Å²) in [4.78, 5) is 2.54. The second-order valence-corrected chi connectivity index (χ2v) is 6.22. The van der Waals surface area contributed by atoms with Gasteiger partial charge in [-0.3, -0.25) is 0 Å². The molecule has 2 rings (SSSR count). The fraction of sp³-hybridized carbons (Fsp3) is 1.00. The zero-order valence-electron chi connectivity index (χ0n) is 12.1. The molecule has 3 nitrogen and oxygen atoms in total. The lowest BCUT2D eigenvalue weighted by Crippen LogP contribution is -2.40. The molecule has 2 aliphatic rings. The number of nitrogens with two attached hydrogens (primary N) is 1. The molecule has 106 valence electrons. The van der Waals surface area contributed by atoms with Gasteiger partial charge in [-0.2, -0.15) is 0 Å². The zero-order valence-corrected chi connectivity index (χ0v) is 12.1. The first-order valence-corrected chi connectivity index (χ1v) is 7.78. The molecule has 2 N–H and O–H groups in total. The largest absolute Gasteiger partial charge is 0.372 e. The lowest BCUT2D eigenvalue weighted by Gasteiger charge is -2.35. The predicted octanol–water partition coefficient (Wildman–Crippen LogP) is 2.39. The maximum Gasteiger partial charge on any atom is 0.0707 e. The van der Waals surface area contributed by atoms with Crippen LogP contribution in [0.5, 0.6) is 0 Å². The van der Waals surface area contributed by atoms with E-state index < -0.39 is 0 Å². The lowest BCUT2D eigenvalue weighted by atomic mass is 9.84. The van der Waals surface area contributed by atoms with Crippen LogP contribution in [0.4, 0.5) is 0 Å². The highest BCUT2D eigenvalue weighted by molar-refractivity contribution is 4.82. The van der Waals surface area contributed by atoms with Gasteiger partial charge in [0.25, 0.3) is 0 Å². The molecule has 0 spiro atoms. The summed E-state index contributed by atoms with van der Waals surface area (Å²) >= 11 is 0. The summed E-state index contributed by atoms with van der Waals surface area (Å²) in [6.45, 7) is 4.10. The number of hydrogen-bond acceptors (Lipinski definition) is 3. The monoisotopic (exact) mass is 254 g/mol. The Morgan fingerprint density at radius 1 is 1.06 bits per heavy atom. The molecule has 0 aromatic carbocycles. The predicted molar refractivity (Wildman–Crippen MR) is 75.6 cm³/mol. The summed E-state index contributed by atoms with van der Waals surface area (Å²) in [5, 5.41) is 0. The molecule has 2 unspecified atom stereocenters. The van der Waals surface area contributed by atoms with Crippen molar-refractivity contribution in [2.24, 2.45) is 11.7 Å². The van der Waals surface area contributed by atoms with Gasteiger partial charge in [0.1, 0.15) is 0 Å². The summed E-state index contributed by atoms with van der Waals surface area (Å²) in [5.74, 6) is 0.985. The van der Waals surface area contributed by atoms with Gasteiger partial charge in [0.05, 0.1) is 12.2 Å². The Kier molecular flexibility index (Phi) is 5.46. The molecule has 0 aromatic heterocycles. The van der Waals surface area contributed by atoms with Gasteiger partial charge in [-0.25, -0.2) is 0 Å². The van der Waals surface area contributed by atoms with Crippen molar-refractivity contribution < 1.29 is 4.74 Å². The van der Waals surface area contributed by atoms with E-state index in [9.17, 15) is 0 Å². The molecule has 18 heavy (non-hydrogen) atoms. The van der Waals surface area contributed by atoms with Gasteiger partial charge in [-0.05, 0) is 51.5 Å². The van der Waals surface area contributed by atoms with Crippen LogP contribution in [-0.2, 0) is 4.74 Å². The third-order valence-corrected chi connectivity index (χ3v) is 4.97. The van der Waals surface area contributed by atoms with E-state index in [4.69, 9.17) is 10.5 Å². The molecule has 3 heteroatoms. The van der Waals surface area contributed by atoms with Crippen molar-refractivity contribution in [3.8, 4) is 0 Å². The highest BCUT2D eigenvalue weighted by Gasteiger charge is 2.28. The fourth-order valence-electron chi connectivity index (χ4n) is 3.55. The molecule has 0 bridgehead atoms. The fourth-order valence-corrected chi connectivity index (χ4v) is 3.55. The highest BCUT2D eigenvalue weighted by atomic mass is 16.5. The number of hydrogen-bond donors (Lipinski definition) is 1. The maximum atomic E-state index is 5.95. The van der Waals surface area contributed by atoms with Gasteiger partial charge >= 0.3 is 0 Å². The Bertz CT molecular complexity index is 239. The number of likely N-dealkylation sites (N-methyl/N-ethyl adjacent to an activating group) is 1. The third-order valence-electron chi connectivity index (χ3n) is 4.97. The number of nitrogens with zero attached hydrogens (tertiary/aromatic N) is 1. The first-order valence-electron chi connectivity index (χ1n) is 7.78. The van der Waals surface area contributed by atoms with Crippen molar-refractivity contribution in [2.75, 3.05) is 20.1 Å². The van der Waals surface area contributed by atoms with Crippen LogP contribution in [0.2, 0.25) is 0 Å². The topological polar surface area (TPSA) is 38.5 Å². The summed E-state index contributed by atoms with van der Waals surface area (Å²) < 4.78 is 5.95. The number of ether oxygens (including phenoxy) is 1. The summed E-state index contributed by atoms with van der Waals surface area (Å²) in [7, 11) is 2.27. The van der Waals surface area contributed by atoms with Gasteiger partial charge in [0.15, 0.2) is 0 Å².